The van der Waals surface area contributed by atoms with Crippen LogP contribution in [0.4, 0.5) is 0 Å². The normalized spacial score (nSPS) is 21.8. The highest BCUT2D eigenvalue weighted by Gasteiger charge is 2.35. The molecule has 1 aliphatic heterocycles. The van der Waals surface area contributed by atoms with Crippen molar-refractivity contribution in [2.75, 3.05) is 26.8 Å². The van der Waals surface area contributed by atoms with Gasteiger partial charge in [-0.2, -0.15) is 0 Å². The van der Waals surface area contributed by atoms with E-state index in [2.05, 4.69) is 20.7 Å². The molecule has 1 unspecified atom stereocenters. The Labute approximate surface area is 103 Å². The molecule has 1 fully saturated rings. The van der Waals surface area contributed by atoms with Crippen LogP contribution in [0.15, 0.2) is 0 Å². The maximum Gasteiger partial charge on any atom is 0.336 e. The first-order valence-electron chi connectivity index (χ1n) is 5.04. The summed E-state index contributed by atoms with van der Waals surface area (Å²) in [7, 11) is 1.31. The zero-order chi connectivity index (χ0) is 12.3. The van der Waals surface area contributed by atoms with E-state index < -0.39 is 16.4 Å². The summed E-state index contributed by atoms with van der Waals surface area (Å²) in [5.41, 5.74) is 0. The van der Waals surface area contributed by atoms with E-state index in [1.54, 1.807) is 18.7 Å². The van der Waals surface area contributed by atoms with Crippen LogP contribution in [0.3, 0.4) is 0 Å². The molecule has 1 rings (SSSR count). The van der Waals surface area contributed by atoms with Gasteiger partial charge in [0.2, 0.25) is 5.91 Å². The van der Waals surface area contributed by atoms with Crippen molar-refractivity contribution in [2.24, 2.45) is 0 Å². The summed E-state index contributed by atoms with van der Waals surface area (Å²) in [5, 5.41) is 0. The Kier molecular flexibility index (Phi) is 4.32. The van der Waals surface area contributed by atoms with Gasteiger partial charge in [0.25, 0.3) is 0 Å². The molecule has 0 saturated carbocycles. The summed E-state index contributed by atoms with van der Waals surface area (Å²) in [6, 6.07) is 0. The van der Waals surface area contributed by atoms with E-state index in [1.165, 1.54) is 7.11 Å². The molecule has 0 N–H and O–H groups in total. The average Bonchev–Trinajstić information content (AvgIpc) is 2.26. The highest BCUT2D eigenvalue weighted by molar-refractivity contribution is 9.10. The molecule has 6 heteroatoms. The van der Waals surface area contributed by atoms with Crippen LogP contribution in [0.25, 0.3) is 0 Å². The number of halogens is 1. The monoisotopic (exact) mass is 293 g/mol. The second kappa shape index (κ2) is 5.14. The fourth-order valence-electron chi connectivity index (χ4n) is 1.48. The lowest BCUT2D eigenvalue weighted by Crippen LogP contribution is -2.52. The van der Waals surface area contributed by atoms with Crippen molar-refractivity contribution in [2.45, 2.75) is 24.3 Å². The number of alkyl halides is 1. The average molecular weight is 294 g/mol. The Morgan fingerprint density at radius 3 is 2.62 bits per heavy atom. The first-order valence-corrected chi connectivity index (χ1v) is 5.83. The minimum absolute atomic E-state index is 0.0512. The molecule has 1 aliphatic rings. The van der Waals surface area contributed by atoms with Crippen LogP contribution < -0.4 is 0 Å². The van der Waals surface area contributed by atoms with Crippen LogP contribution in [0.5, 0.6) is 0 Å². The van der Waals surface area contributed by atoms with Gasteiger partial charge in [0.05, 0.1) is 24.6 Å². The van der Waals surface area contributed by atoms with Gasteiger partial charge in [-0.25, -0.2) is 4.79 Å². The van der Waals surface area contributed by atoms with Crippen LogP contribution >= 0.6 is 15.9 Å². The van der Waals surface area contributed by atoms with Crippen LogP contribution in [0.2, 0.25) is 0 Å². The van der Waals surface area contributed by atoms with Gasteiger partial charge >= 0.3 is 5.97 Å². The molecular weight excluding hydrogens is 278 g/mol. The number of hydrogen-bond acceptors (Lipinski definition) is 4. The lowest BCUT2D eigenvalue weighted by Gasteiger charge is -2.34. The second-order valence-electron chi connectivity index (χ2n) is 4.11. The standard InChI is InChI=1S/C10H16BrNO4/c1-10(2,11)9(14)12-4-5-16-7(6-12)8(13)15-3/h7H,4-6H2,1-3H3. The van der Waals surface area contributed by atoms with Gasteiger partial charge in [0.1, 0.15) is 0 Å². The number of carbonyl (C=O) groups excluding carboxylic acids is 2. The number of hydrogen-bond donors (Lipinski definition) is 0. The van der Waals surface area contributed by atoms with E-state index in [4.69, 9.17) is 4.74 Å². The van der Waals surface area contributed by atoms with Gasteiger partial charge in [0.15, 0.2) is 6.10 Å². The fraction of sp³-hybridized carbons (Fsp3) is 0.800. The number of ether oxygens (including phenoxy) is 2. The molecule has 0 aromatic heterocycles. The highest BCUT2D eigenvalue weighted by Crippen LogP contribution is 2.21. The number of rotatable bonds is 2. The van der Waals surface area contributed by atoms with E-state index in [9.17, 15) is 9.59 Å². The molecule has 16 heavy (non-hydrogen) atoms. The summed E-state index contributed by atoms with van der Waals surface area (Å²) >= 11 is 3.31. The van der Waals surface area contributed by atoms with E-state index in [-0.39, 0.29) is 12.5 Å². The first kappa shape index (κ1) is 13.4. The van der Waals surface area contributed by atoms with Gasteiger partial charge in [0, 0.05) is 6.54 Å². The van der Waals surface area contributed by atoms with Crippen molar-refractivity contribution in [1.29, 1.82) is 0 Å². The summed E-state index contributed by atoms with van der Waals surface area (Å²) in [4.78, 5) is 24.8. The zero-order valence-electron chi connectivity index (χ0n) is 9.66. The van der Waals surface area contributed by atoms with Gasteiger partial charge in [-0.15, -0.1) is 0 Å². The summed E-state index contributed by atoms with van der Waals surface area (Å²) in [6.07, 6.45) is -0.669. The lowest BCUT2D eigenvalue weighted by atomic mass is 10.1. The predicted octanol–water partition coefficient (Wildman–Crippen LogP) is 0.560. The fourth-order valence-corrected chi connectivity index (χ4v) is 1.73. The van der Waals surface area contributed by atoms with Crippen LogP contribution in [-0.4, -0.2) is 54.0 Å². The molecule has 0 aromatic rings. The minimum atomic E-state index is -0.669. The Balaban J connectivity index is 2.64. The Hall–Kier alpha value is -0.620. The van der Waals surface area contributed by atoms with Gasteiger partial charge in [-0.1, -0.05) is 15.9 Å². The van der Waals surface area contributed by atoms with Gasteiger partial charge < -0.3 is 14.4 Å². The molecule has 1 saturated heterocycles. The zero-order valence-corrected chi connectivity index (χ0v) is 11.2. The molecule has 1 amide bonds. The molecule has 0 bridgehead atoms. The van der Waals surface area contributed by atoms with Crippen molar-refractivity contribution in [1.82, 2.24) is 4.90 Å². The van der Waals surface area contributed by atoms with Crippen LogP contribution in [0, 0.1) is 0 Å². The molecule has 0 radical (unpaired) electrons. The summed E-state index contributed by atoms with van der Waals surface area (Å²) < 4.78 is 9.21. The van der Waals surface area contributed by atoms with Gasteiger partial charge in [-0.3, -0.25) is 4.79 Å². The smallest absolute Gasteiger partial charge is 0.336 e. The summed E-state index contributed by atoms with van der Waals surface area (Å²) in [6.45, 7) is 4.66. The Morgan fingerprint density at radius 1 is 1.50 bits per heavy atom. The maximum absolute atomic E-state index is 11.9. The molecule has 0 aromatic carbocycles. The predicted molar refractivity (Wildman–Crippen MR) is 61.3 cm³/mol. The van der Waals surface area contributed by atoms with Crippen LogP contribution in [-0.2, 0) is 19.1 Å². The molecule has 5 nitrogen and oxygen atoms in total. The van der Waals surface area contributed by atoms with Crippen molar-refractivity contribution in [3.8, 4) is 0 Å². The minimum Gasteiger partial charge on any atom is -0.467 e. The van der Waals surface area contributed by atoms with Crippen molar-refractivity contribution in [3.63, 3.8) is 0 Å². The van der Waals surface area contributed by atoms with E-state index in [0.29, 0.717) is 13.2 Å². The van der Waals surface area contributed by atoms with E-state index >= 15 is 0 Å². The second-order valence-corrected chi connectivity index (χ2v) is 6.09. The Morgan fingerprint density at radius 2 is 2.12 bits per heavy atom. The number of carbonyl (C=O) groups is 2. The Bertz CT molecular complexity index is 287. The topological polar surface area (TPSA) is 55.8 Å². The van der Waals surface area contributed by atoms with E-state index in [0.717, 1.165) is 0 Å². The largest absolute Gasteiger partial charge is 0.467 e. The van der Waals surface area contributed by atoms with Crippen molar-refractivity contribution < 1.29 is 19.1 Å². The number of methoxy groups -OCH3 is 1. The number of esters is 1. The SMILES string of the molecule is COC(=O)C1CN(C(=O)C(C)(C)Br)CCO1. The van der Waals surface area contributed by atoms with Crippen molar-refractivity contribution >= 4 is 27.8 Å². The molecule has 92 valence electrons. The van der Waals surface area contributed by atoms with Crippen molar-refractivity contribution in [3.05, 3.63) is 0 Å². The molecule has 0 aliphatic carbocycles. The maximum atomic E-state index is 11.9. The highest BCUT2D eigenvalue weighted by atomic mass is 79.9. The van der Waals surface area contributed by atoms with E-state index in [1.807, 2.05) is 0 Å². The molecular formula is C10H16BrNO4. The molecule has 0 spiro atoms. The number of nitrogens with zero attached hydrogens (tertiary/aromatic N) is 1. The van der Waals surface area contributed by atoms with Gasteiger partial charge in [-0.05, 0) is 13.8 Å². The lowest BCUT2D eigenvalue weighted by molar-refractivity contribution is -0.162. The third-order valence-electron chi connectivity index (χ3n) is 2.33. The first-order chi connectivity index (χ1) is 7.36. The third kappa shape index (κ3) is 3.18. The molecule has 1 heterocycles. The number of morpholine rings is 1. The third-order valence-corrected chi connectivity index (χ3v) is 2.67. The quantitative estimate of drug-likeness (QED) is 0.551. The summed E-state index contributed by atoms with van der Waals surface area (Å²) in [5.74, 6) is -0.491. The van der Waals surface area contributed by atoms with Crippen LogP contribution in [0.1, 0.15) is 13.8 Å². The number of amides is 1. The molecule has 1 atom stereocenters.